The molecule has 1 atom stereocenters. The molecule has 1 aromatic rings. The maximum atomic E-state index is 5.62. The van der Waals surface area contributed by atoms with Crippen molar-refractivity contribution < 1.29 is 0 Å². The molecule has 17 heavy (non-hydrogen) atoms. The number of thioether (sulfide) groups is 1. The van der Waals surface area contributed by atoms with Crippen LogP contribution in [-0.2, 0) is 0 Å². The summed E-state index contributed by atoms with van der Waals surface area (Å²) < 4.78 is 0. The molecule has 0 aliphatic heterocycles. The second-order valence-electron chi connectivity index (χ2n) is 4.62. The fraction of sp³-hybridized carbons (Fsp3) is 0.571. The van der Waals surface area contributed by atoms with Gasteiger partial charge in [0.2, 0.25) is 0 Å². The number of nitrogens with two attached hydrogens (primary N) is 1. The Labute approximate surface area is 109 Å². The second-order valence-corrected chi connectivity index (χ2v) is 5.77. The van der Waals surface area contributed by atoms with Gasteiger partial charge in [0.15, 0.2) is 0 Å². The highest BCUT2D eigenvalue weighted by atomic mass is 32.2. The van der Waals surface area contributed by atoms with Crippen LogP contribution in [0.4, 0.5) is 0 Å². The molecule has 0 spiro atoms. The Kier molecular flexibility index (Phi) is 6.63. The van der Waals surface area contributed by atoms with Crippen LogP contribution in [0.25, 0.3) is 0 Å². The zero-order valence-electron chi connectivity index (χ0n) is 11.1. The van der Waals surface area contributed by atoms with Crippen LogP contribution in [0.15, 0.2) is 24.3 Å². The van der Waals surface area contributed by atoms with Gasteiger partial charge in [-0.15, -0.1) is 0 Å². The third kappa shape index (κ3) is 4.70. The minimum absolute atomic E-state index is 0.257. The van der Waals surface area contributed by atoms with Crippen molar-refractivity contribution in [1.82, 2.24) is 5.43 Å². The van der Waals surface area contributed by atoms with E-state index < -0.39 is 0 Å². The van der Waals surface area contributed by atoms with E-state index in [0.717, 1.165) is 5.75 Å². The summed E-state index contributed by atoms with van der Waals surface area (Å²) in [5.74, 6) is 8.44. The van der Waals surface area contributed by atoms with Gasteiger partial charge in [0.1, 0.15) is 0 Å². The molecular weight excluding hydrogens is 228 g/mol. The molecule has 1 rings (SSSR count). The molecule has 0 saturated heterocycles. The molecule has 0 radical (unpaired) electrons. The monoisotopic (exact) mass is 252 g/mol. The van der Waals surface area contributed by atoms with Gasteiger partial charge < -0.3 is 0 Å². The van der Waals surface area contributed by atoms with E-state index in [1.807, 2.05) is 11.8 Å². The summed E-state index contributed by atoms with van der Waals surface area (Å²) in [6, 6.07) is 9.04. The average Bonchev–Trinajstić information content (AvgIpc) is 2.35. The lowest BCUT2D eigenvalue weighted by Gasteiger charge is -2.16. The van der Waals surface area contributed by atoms with Gasteiger partial charge in [-0.3, -0.25) is 11.3 Å². The second kappa shape index (κ2) is 7.75. The quantitative estimate of drug-likeness (QED) is 0.443. The summed E-state index contributed by atoms with van der Waals surface area (Å²) in [5.41, 5.74) is 5.56. The molecule has 0 bridgehead atoms. The van der Waals surface area contributed by atoms with Crippen molar-refractivity contribution >= 4 is 11.8 Å². The van der Waals surface area contributed by atoms with Crippen LogP contribution >= 0.6 is 11.8 Å². The Morgan fingerprint density at radius 2 is 1.76 bits per heavy atom. The Hall–Kier alpha value is -0.510. The largest absolute Gasteiger partial charge is 0.271 e. The Bertz CT molecular complexity index is 309. The van der Waals surface area contributed by atoms with Crippen LogP contribution in [0.2, 0.25) is 0 Å². The predicted octanol–water partition coefficient (Wildman–Crippen LogP) is 3.46. The van der Waals surface area contributed by atoms with Crippen LogP contribution in [0.3, 0.4) is 0 Å². The summed E-state index contributed by atoms with van der Waals surface area (Å²) in [6.07, 6.45) is 1.22. The number of rotatable bonds is 7. The average molecular weight is 252 g/mol. The van der Waals surface area contributed by atoms with Crippen LogP contribution in [0.5, 0.6) is 0 Å². The standard InChI is InChI=1S/C14H24N2S/c1-4-9-17-10-14(16-15)13-7-5-12(6-8-13)11(2)3/h5-8,11,14,16H,4,9-10,15H2,1-3H3. The maximum Gasteiger partial charge on any atom is 0.0550 e. The van der Waals surface area contributed by atoms with E-state index in [9.17, 15) is 0 Å². The fourth-order valence-corrected chi connectivity index (χ4v) is 2.68. The number of nitrogens with one attached hydrogen (secondary N) is 1. The summed E-state index contributed by atoms with van der Waals surface area (Å²) in [4.78, 5) is 0. The number of hydrazine groups is 1. The van der Waals surface area contributed by atoms with Crippen LogP contribution < -0.4 is 11.3 Å². The fourth-order valence-electron chi connectivity index (χ4n) is 1.70. The third-order valence-electron chi connectivity index (χ3n) is 2.84. The summed E-state index contributed by atoms with van der Waals surface area (Å²) in [5, 5.41) is 0. The molecule has 1 unspecified atom stereocenters. The molecule has 2 nitrogen and oxygen atoms in total. The smallest absolute Gasteiger partial charge is 0.0550 e. The van der Waals surface area contributed by atoms with Crippen molar-refractivity contribution in [3.63, 3.8) is 0 Å². The van der Waals surface area contributed by atoms with Gasteiger partial charge in [0, 0.05) is 5.75 Å². The van der Waals surface area contributed by atoms with Crippen molar-refractivity contribution in [2.24, 2.45) is 5.84 Å². The van der Waals surface area contributed by atoms with Crippen molar-refractivity contribution in [2.45, 2.75) is 39.2 Å². The highest BCUT2D eigenvalue weighted by Gasteiger charge is 2.09. The molecule has 0 aliphatic carbocycles. The van der Waals surface area contributed by atoms with Gasteiger partial charge in [0.05, 0.1) is 6.04 Å². The molecule has 0 aromatic heterocycles. The molecule has 0 saturated carbocycles. The van der Waals surface area contributed by atoms with Crippen LogP contribution in [0.1, 0.15) is 50.3 Å². The Balaban J connectivity index is 2.62. The molecule has 3 N–H and O–H groups in total. The zero-order chi connectivity index (χ0) is 12.7. The molecule has 0 heterocycles. The first-order chi connectivity index (χ1) is 8.19. The highest BCUT2D eigenvalue weighted by Crippen LogP contribution is 2.21. The van der Waals surface area contributed by atoms with Crippen molar-refractivity contribution in [3.8, 4) is 0 Å². The number of hydrogen-bond donors (Lipinski definition) is 2. The maximum absolute atomic E-state index is 5.62. The van der Waals surface area contributed by atoms with E-state index in [-0.39, 0.29) is 6.04 Å². The van der Waals surface area contributed by atoms with Crippen molar-refractivity contribution in [1.29, 1.82) is 0 Å². The van der Waals surface area contributed by atoms with Crippen LogP contribution in [0, 0.1) is 0 Å². The van der Waals surface area contributed by atoms with E-state index >= 15 is 0 Å². The predicted molar refractivity (Wildman–Crippen MR) is 78.2 cm³/mol. The van der Waals surface area contributed by atoms with E-state index in [4.69, 9.17) is 5.84 Å². The zero-order valence-corrected chi connectivity index (χ0v) is 11.9. The molecule has 96 valence electrons. The lowest BCUT2D eigenvalue weighted by molar-refractivity contribution is 0.610. The van der Waals surface area contributed by atoms with E-state index in [1.165, 1.54) is 23.3 Å². The Morgan fingerprint density at radius 1 is 1.18 bits per heavy atom. The van der Waals surface area contributed by atoms with E-state index in [2.05, 4.69) is 50.5 Å². The SMILES string of the molecule is CCCSCC(NN)c1ccc(C(C)C)cc1. The lowest BCUT2D eigenvalue weighted by Crippen LogP contribution is -2.29. The van der Waals surface area contributed by atoms with Gasteiger partial charge >= 0.3 is 0 Å². The molecule has 0 aliphatic rings. The van der Waals surface area contributed by atoms with Gasteiger partial charge in [-0.1, -0.05) is 45.0 Å². The first-order valence-corrected chi connectivity index (χ1v) is 7.48. The number of hydrogen-bond acceptors (Lipinski definition) is 3. The normalized spacial score (nSPS) is 13.0. The van der Waals surface area contributed by atoms with Gasteiger partial charge in [-0.2, -0.15) is 11.8 Å². The summed E-state index contributed by atoms with van der Waals surface area (Å²) >= 11 is 1.95. The molecule has 3 heteroatoms. The topological polar surface area (TPSA) is 38.0 Å². The molecule has 1 aromatic carbocycles. The minimum Gasteiger partial charge on any atom is -0.271 e. The van der Waals surface area contributed by atoms with E-state index in [1.54, 1.807) is 0 Å². The van der Waals surface area contributed by atoms with E-state index in [0.29, 0.717) is 5.92 Å². The third-order valence-corrected chi connectivity index (χ3v) is 4.11. The Morgan fingerprint density at radius 3 is 2.24 bits per heavy atom. The van der Waals surface area contributed by atoms with Crippen molar-refractivity contribution in [2.75, 3.05) is 11.5 Å². The van der Waals surface area contributed by atoms with Gasteiger partial charge in [-0.25, -0.2) is 0 Å². The summed E-state index contributed by atoms with van der Waals surface area (Å²) in [7, 11) is 0. The lowest BCUT2D eigenvalue weighted by atomic mass is 10.00. The molecule has 0 fully saturated rings. The first kappa shape index (κ1) is 14.6. The van der Waals surface area contributed by atoms with Crippen molar-refractivity contribution in [3.05, 3.63) is 35.4 Å². The first-order valence-electron chi connectivity index (χ1n) is 6.32. The molecular formula is C14H24N2S. The summed E-state index contributed by atoms with van der Waals surface area (Å²) in [6.45, 7) is 6.63. The van der Waals surface area contributed by atoms with Crippen LogP contribution in [-0.4, -0.2) is 11.5 Å². The van der Waals surface area contributed by atoms with Gasteiger partial charge in [0.25, 0.3) is 0 Å². The number of benzene rings is 1. The van der Waals surface area contributed by atoms with Gasteiger partial charge in [-0.05, 0) is 29.2 Å². The molecule has 0 amide bonds. The highest BCUT2D eigenvalue weighted by molar-refractivity contribution is 7.99. The minimum atomic E-state index is 0.257.